The lowest BCUT2D eigenvalue weighted by Gasteiger charge is -2.00. The Morgan fingerprint density at radius 3 is 2.86 bits per heavy atom. The second-order valence-corrected chi connectivity index (χ2v) is 7.19. The fourth-order valence-electron chi connectivity index (χ4n) is 1.67. The third-order valence-electron chi connectivity index (χ3n) is 2.67. The first-order valence-electron chi connectivity index (χ1n) is 6.64. The molecule has 1 aromatic heterocycles. The predicted octanol–water partition coefficient (Wildman–Crippen LogP) is 4.69. The topological polar surface area (TPSA) is 39.2 Å². The van der Waals surface area contributed by atoms with E-state index in [0.717, 1.165) is 20.9 Å². The predicted molar refractivity (Wildman–Crippen MR) is 90.8 cm³/mol. The lowest BCUT2D eigenvalue weighted by atomic mass is 10.2. The molecule has 0 bridgehead atoms. The summed E-state index contributed by atoms with van der Waals surface area (Å²) < 4.78 is 6.00. The van der Waals surface area contributed by atoms with Crippen LogP contribution in [0.5, 0.6) is 0 Å². The molecule has 0 aliphatic rings. The number of nitrogens with zero attached hydrogens (tertiary/aromatic N) is 1. The van der Waals surface area contributed by atoms with Gasteiger partial charge in [0.2, 0.25) is 0 Å². The van der Waals surface area contributed by atoms with E-state index in [1.807, 2.05) is 24.4 Å². The SMILES string of the molecule is CCOC(=O)CCc1csc(CSc2ccc(Br)cc2)n1. The van der Waals surface area contributed by atoms with Crippen LogP contribution in [-0.2, 0) is 21.7 Å². The van der Waals surface area contributed by atoms with Crippen LogP contribution in [0.1, 0.15) is 24.0 Å². The number of thiazole rings is 1. The van der Waals surface area contributed by atoms with E-state index in [4.69, 9.17) is 4.74 Å². The number of hydrogen-bond donors (Lipinski definition) is 0. The molecule has 112 valence electrons. The van der Waals surface area contributed by atoms with Gasteiger partial charge in [0.05, 0.1) is 24.5 Å². The quantitative estimate of drug-likeness (QED) is 0.511. The summed E-state index contributed by atoms with van der Waals surface area (Å²) in [6, 6.07) is 8.25. The smallest absolute Gasteiger partial charge is 0.306 e. The van der Waals surface area contributed by atoms with Crippen molar-refractivity contribution in [2.75, 3.05) is 6.61 Å². The summed E-state index contributed by atoms with van der Waals surface area (Å²) in [5.41, 5.74) is 0.972. The maximum atomic E-state index is 11.3. The highest BCUT2D eigenvalue weighted by Crippen LogP contribution is 2.26. The highest BCUT2D eigenvalue weighted by molar-refractivity contribution is 9.10. The third-order valence-corrected chi connectivity index (χ3v) is 5.30. The van der Waals surface area contributed by atoms with E-state index in [2.05, 4.69) is 33.0 Å². The van der Waals surface area contributed by atoms with Gasteiger partial charge in [0.15, 0.2) is 0 Å². The van der Waals surface area contributed by atoms with Crippen LogP contribution in [0.25, 0.3) is 0 Å². The Bertz CT molecular complexity index is 584. The van der Waals surface area contributed by atoms with E-state index < -0.39 is 0 Å². The van der Waals surface area contributed by atoms with Crippen LogP contribution in [0, 0.1) is 0 Å². The van der Waals surface area contributed by atoms with Crippen molar-refractivity contribution in [3.63, 3.8) is 0 Å². The Labute approximate surface area is 141 Å². The molecule has 3 nitrogen and oxygen atoms in total. The summed E-state index contributed by atoms with van der Waals surface area (Å²) in [6.07, 6.45) is 1.05. The number of carbonyl (C=O) groups excluding carboxylic acids is 1. The molecule has 0 amide bonds. The fourth-order valence-corrected chi connectivity index (χ4v) is 3.68. The van der Waals surface area contributed by atoms with Gasteiger partial charge in [0.25, 0.3) is 0 Å². The number of esters is 1. The largest absolute Gasteiger partial charge is 0.466 e. The molecule has 0 radical (unpaired) electrons. The number of rotatable bonds is 7. The molecule has 0 atom stereocenters. The molecule has 0 saturated heterocycles. The van der Waals surface area contributed by atoms with Crippen molar-refractivity contribution in [2.24, 2.45) is 0 Å². The summed E-state index contributed by atoms with van der Waals surface area (Å²) in [7, 11) is 0. The van der Waals surface area contributed by atoms with Gasteiger partial charge in [-0.3, -0.25) is 4.79 Å². The molecule has 1 heterocycles. The molecule has 0 saturated carbocycles. The van der Waals surface area contributed by atoms with Crippen LogP contribution in [0.2, 0.25) is 0 Å². The molecule has 0 fully saturated rings. The van der Waals surface area contributed by atoms with E-state index >= 15 is 0 Å². The van der Waals surface area contributed by atoms with Gasteiger partial charge < -0.3 is 4.74 Å². The van der Waals surface area contributed by atoms with Crippen molar-refractivity contribution in [2.45, 2.75) is 30.4 Å². The molecule has 0 spiro atoms. The van der Waals surface area contributed by atoms with Gasteiger partial charge in [-0.25, -0.2) is 4.98 Å². The molecule has 0 unspecified atom stereocenters. The Morgan fingerprint density at radius 1 is 1.38 bits per heavy atom. The minimum atomic E-state index is -0.156. The van der Waals surface area contributed by atoms with Gasteiger partial charge in [0, 0.05) is 21.2 Å². The highest BCUT2D eigenvalue weighted by Gasteiger charge is 2.07. The molecule has 0 aliphatic heterocycles. The monoisotopic (exact) mass is 385 g/mol. The number of benzene rings is 1. The lowest BCUT2D eigenvalue weighted by Crippen LogP contribution is -2.05. The van der Waals surface area contributed by atoms with E-state index in [-0.39, 0.29) is 5.97 Å². The molecular formula is C15H16BrNO2S2. The molecule has 2 aromatic rings. The Hall–Kier alpha value is -0.850. The van der Waals surface area contributed by atoms with Gasteiger partial charge >= 0.3 is 5.97 Å². The molecular weight excluding hydrogens is 370 g/mol. The Morgan fingerprint density at radius 2 is 2.14 bits per heavy atom. The lowest BCUT2D eigenvalue weighted by molar-refractivity contribution is -0.143. The van der Waals surface area contributed by atoms with E-state index in [1.165, 1.54) is 4.90 Å². The number of hydrogen-bond acceptors (Lipinski definition) is 5. The van der Waals surface area contributed by atoms with Gasteiger partial charge in [-0.2, -0.15) is 0 Å². The molecule has 1 aromatic carbocycles. The van der Waals surface area contributed by atoms with Gasteiger partial charge in [-0.05, 0) is 31.2 Å². The molecule has 6 heteroatoms. The van der Waals surface area contributed by atoms with Crippen LogP contribution in [0.15, 0.2) is 39.0 Å². The third kappa shape index (κ3) is 5.80. The maximum absolute atomic E-state index is 11.3. The van der Waals surface area contributed by atoms with Gasteiger partial charge in [-0.15, -0.1) is 23.1 Å². The summed E-state index contributed by atoms with van der Waals surface area (Å²) in [6.45, 7) is 2.25. The zero-order chi connectivity index (χ0) is 15.1. The fraction of sp³-hybridized carbons (Fsp3) is 0.333. The normalized spacial score (nSPS) is 10.6. The summed E-state index contributed by atoms with van der Waals surface area (Å²) in [5, 5.41) is 3.11. The van der Waals surface area contributed by atoms with Crippen molar-refractivity contribution in [1.29, 1.82) is 0 Å². The Kier molecular flexibility index (Phi) is 6.73. The number of carbonyl (C=O) groups is 1. The van der Waals surface area contributed by atoms with Crippen LogP contribution in [0.4, 0.5) is 0 Å². The van der Waals surface area contributed by atoms with Crippen molar-refractivity contribution >= 4 is 45.0 Å². The maximum Gasteiger partial charge on any atom is 0.306 e. The minimum absolute atomic E-state index is 0.156. The van der Waals surface area contributed by atoms with E-state index in [0.29, 0.717) is 19.4 Å². The molecule has 0 aliphatic carbocycles. The van der Waals surface area contributed by atoms with Gasteiger partial charge in [-0.1, -0.05) is 15.9 Å². The molecule has 0 N–H and O–H groups in total. The van der Waals surface area contributed by atoms with Crippen LogP contribution >= 0.6 is 39.0 Å². The molecule has 2 rings (SSSR count). The number of ether oxygens (including phenoxy) is 1. The second-order valence-electron chi connectivity index (χ2n) is 4.28. The Balaban J connectivity index is 1.80. The summed E-state index contributed by atoms with van der Waals surface area (Å²) in [4.78, 5) is 17.1. The average Bonchev–Trinajstić information content (AvgIpc) is 2.93. The van der Waals surface area contributed by atoms with Crippen molar-refractivity contribution < 1.29 is 9.53 Å². The number of thioether (sulfide) groups is 1. The van der Waals surface area contributed by atoms with E-state index in [9.17, 15) is 4.79 Å². The zero-order valence-electron chi connectivity index (χ0n) is 11.7. The number of aromatic nitrogens is 1. The first-order chi connectivity index (χ1) is 10.2. The van der Waals surface area contributed by atoms with Crippen molar-refractivity contribution in [3.05, 3.63) is 44.8 Å². The molecule has 21 heavy (non-hydrogen) atoms. The average molecular weight is 386 g/mol. The first-order valence-corrected chi connectivity index (χ1v) is 9.30. The van der Waals surface area contributed by atoms with Crippen LogP contribution in [-0.4, -0.2) is 17.6 Å². The first kappa shape index (κ1) is 16.5. The number of aryl methyl sites for hydroxylation is 1. The summed E-state index contributed by atoms with van der Waals surface area (Å²) in [5.74, 6) is 0.697. The van der Waals surface area contributed by atoms with E-state index in [1.54, 1.807) is 23.1 Å². The summed E-state index contributed by atoms with van der Waals surface area (Å²) >= 11 is 6.83. The van der Waals surface area contributed by atoms with Crippen molar-refractivity contribution in [1.82, 2.24) is 4.98 Å². The number of halogens is 1. The standard InChI is InChI=1S/C15H16BrNO2S2/c1-2-19-15(18)8-5-12-9-21-14(17-12)10-20-13-6-3-11(16)4-7-13/h3-4,6-7,9H,2,5,8,10H2,1H3. The second kappa shape index (κ2) is 8.56. The zero-order valence-corrected chi connectivity index (χ0v) is 14.9. The van der Waals surface area contributed by atoms with Crippen LogP contribution < -0.4 is 0 Å². The van der Waals surface area contributed by atoms with Gasteiger partial charge in [0.1, 0.15) is 5.01 Å². The van der Waals surface area contributed by atoms with Crippen LogP contribution in [0.3, 0.4) is 0 Å². The highest BCUT2D eigenvalue weighted by atomic mass is 79.9. The van der Waals surface area contributed by atoms with Crippen molar-refractivity contribution in [3.8, 4) is 0 Å². The minimum Gasteiger partial charge on any atom is -0.466 e.